The first-order valence-corrected chi connectivity index (χ1v) is 5.55. The molecule has 1 saturated carbocycles. The lowest BCUT2D eigenvalue weighted by Gasteiger charge is -2.29. The molecule has 0 saturated heterocycles. The van der Waals surface area contributed by atoms with Gasteiger partial charge in [0.25, 0.3) is 0 Å². The van der Waals surface area contributed by atoms with Crippen LogP contribution in [0.2, 0.25) is 0 Å². The number of Topliss-reactive ketones (excluding diaryl/α,β-unsaturated/α-hetero) is 1. The van der Waals surface area contributed by atoms with Gasteiger partial charge in [-0.05, 0) is 38.0 Å². The quantitative estimate of drug-likeness (QED) is 0.564. The fraction of sp³-hybridized carbons (Fsp3) is 0.750. The second-order valence-corrected chi connectivity index (χ2v) is 4.36. The molecule has 2 atom stereocenters. The summed E-state index contributed by atoms with van der Waals surface area (Å²) >= 11 is 0. The second kappa shape index (κ2) is 4.08. The smallest absolute Gasteiger partial charge is 0.136 e. The lowest BCUT2D eigenvalue weighted by molar-refractivity contribution is -0.126. The molecule has 1 heteroatoms. The third kappa shape index (κ3) is 2.01. The van der Waals surface area contributed by atoms with Crippen molar-refractivity contribution >= 4 is 5.78 Å². The minimum Gasteiger partial charge on any atom is -0.299 e. The van der Waals surface area contributed by atoms with Crippen molar-refractivity contribution in [2.75, 3.05) is 0 Å². The number of carbonyl (C=O) groups is 1. The van der Waals surface area contributed by atoms with E-state index in [4.69, 9.17) is 0 Å². The van der Waals surface area contributed by atoms with Crippen LogP contribution in [-0.4, -0.2) is 5.78 Å². The molecule has 0 N–H and O–H groups in total. The maximum absolute atomic E-state index is 11.7. The summed E-state index contributed by atoms with van der Waals surface area (Å²) in [5.41, 5.74) is 0. The standard InChI is InChI=1S/C12H18O/c13-12-9-5-4-8-11(12)10-6-2-1-3-7-10/h1-2,10-11H,3-9H2. The highest BCUT2D eigenvalue weighted by Crippen LogP contribution is 2.34. The summed E-state index contributed by atoms with van der Waals surface area (Å²) < 4.78 is 0. The number of ketones is 1. The van der Waals surface area contributed by atoms with E-state index in [2.05, 4.69) is 12.2 Å². The molecule has 0 aromatic carbocycles. The van der Waals surface area contributed by atoms with Crippen molar-refractivity contribution in [3.8, 4) is 0 Å². The van der Waals surface area contributed by atoms with Crippen LogP contribution in [0.25, 0.3) is 0 Å². The van der Waals surface area contributed by atoms with Gasteiger partial charge < -0.3 is 0 Å². The van der Waals surface area contributed by atoms with Crippen LogP contribution in [0.4, 0.5) is 0 Å². The molecular formula is C12H18O. The summed E-state index contributed by atoms with van der Waals surface area (Å²) in [7, 11) is 0. The topological polar surface area (TPSA) is 17.1 Å². The molecular weight excluding hydrogens is 160 g/mol. The molecule has 1 fully saturated rings. The second-order valence-electron chi connectivity index (χ2n) is 4.36. The third-order valence-electron chi connectivity index (χ3n) is 3.48. The molecule has 0 amide bonds. The molecule has 2 rings (SSSR count). The van der Waals surface area contributed by atoms with Gasteiger partial charge in [-0.1, -0.05) is 18.6 Å². The molecule has 1 nitrogen and oxygen atoms in total. The Morgan fingerprint density at radius 2 is 2.08 bits per heavy atom. The molecule has 0 bridgehead atoms. The predicted molar refractivity (Wildman–Crippen MR) is 53.4 cm³/mol. The Hall–Kier alpha value is -0.590. The summed E-state index contributed by atoms with van der Waals surface area (Å²) in [6, 6.07) is 0. The Bertz CT molecular complexity index is 217. The van der Waals surface area contributed by atoms with Gasteiger partial charge in [0.1, 0.15) is 5.78 Å². The molecule has 0 spiro atoms. The SMILES string of the molecule is O=C1CCCCC1C1CC=CCC1. The first-order chi connectivity index (χ1) is 6.38. The number of allylic oxidation sites excluding steroid dienone is 2. The van der Waals surface area contributed by atoms with Gasteiger partial charge in [0.15, 0.2) is 0 Å². The van der Waals surface area contributed by atoms with Gasteiger partial charge in [-0.2, -0.15) is 0 Å². The lowest BCUT2D eigenvalue weighted by Crippen LogP contribution is -2.27. The Morgan fingerprint density at radius 1 is 1.15 bits per heavy atom. The number of carbonyl (C=O) groups excluding carboxylic acids is 1. The lowest BCUT2D eigenvalue weighted by atomic mass is 9.74. The molecule has 2 unspecified atom stereocenters. The zero-order chi connectivity index (χ0) is 9.10. The Balaban J connectivity index is 1.97. The summed E-state index contributed by atoms with van der Waals surface area (Å²) in [6.07, 6.45) is 12.5. The minimum atomic E-state index is 0.415. The van der Waals surface area contributed by atoms with Crippen molar-refractivity contribution in [2.24, 2.45) is 11.8 Å². The maximum atomic E-state index is 11.7. The van der Waals surface area contributed by atoms with Gasteiger partial charge >= 0.3 is 0 Å². The van der Waals surface area contributed by atoms with Crippen LogP contribution in [0, 0.1) is 11.8 Å². The van der Waals surface area contributed by atoms with Crippen molar-refractivity contribution in [1.29, 1.82) is 0 Å². The van der Waals surface area contributed by atoms with Crippen molar-refractivity contribution in [1.82, 2.24) is 0 Å². The van der Waals surface area contributed by atoms with Crippen LogP contribution in [0.15, 0.2) is 12.2 Å². The van der Waals surface area contributed by atoms with Crippen LogP contribution >= 0.6 is 0 Å². The van der Waals surface area contributed by atoms with Crippen molar-refractivity contribution in [2.45, 2.75) is 44.9 Å². The van der Waals surface area contributed by atoms with Gasteiger partial charge in [-0.15, -0.1) is 0 Å². The van der Waals surface area contributed by atoms with Crippen LogP contribution in [-0.2, 0) is 4.79 Å². The molecule has 0 aromatic rings. The van der Waals surface area contributed by atoms with Gasteiger partial charge in [-0.3, -0.25) is 4.79 Å². The zero-order valence-electron chi connectivity index (χ0n) is 8.17. The maximum Gasteiger partial charge on any atom is 0.136 e. The van der Waals surface area contributed by atoms with Gasteiger partial charge in [0.05, 0.1) is 0 Å². The fourth-order valence-electron chi connectivity index (χ4n) is 2.69. The van der Waals surface area contributed by atoms with E-state index in [1.54, 1.807) is 0 Å². The number of hydrogen-bond donors (Lipinski definition) is 0. The minimum absolute atomic E-state index is 0.415. The average molecular weight is 178 g/mol. The Labute approximate surface area is 80.2 Å². The zero-order valence-corrected chi connectivity index (χ0v) is 8.17. The van der Waals surface area contributed by atoms with E-state index in [1.807, 2.05) is 0 Å². The monoisotopic (exact) mass is 178 g/mol. The van der Waals surface area contributed by atoms with E-state index in [0.717, 1.165) is 25.7 Å². The summed E-state index contributed by atoms with van der Waals surface area (Å²) in [5.74, 6) is 1.64. The molecule has 2 aliphatic rings. The molecule has 0 aliphatic heterocycles. The molecule has 13 heavy (non-hydrogen) atoms. The highest BCUT2D eigenvalue weighted by Gasteiger charge is 2.29. The van der Waals surface area contributed by atoms with Crippen molar-refractivity contribution < 1.29 is 4.79 Å². The normalized spacial score (nSPS) is 34.9. The predicted octanol–water partition coefficient (Wildman–Crippen LogP) is 3.10. The first kappa shape index (κ1) is 8.98. The summed E-state index contributed by atoms with van der Waals surface area (Å²) in [4.78, 5) is 11.7. The summed E-state index contributed by atoms with van der Waals surface area (Å²) in [5, 5.41) is 0. The van der Waals surface area contributed by atoms with Crippen LogP contribution in [0.1, 0.15) is 44.9 Å². The van der Waals surface area contributed by atoms with Crippen molar-refractivity contribution in [3.05, 3.63) is 12.2 Å². The number of hydrogen-bond acceptors (Lipinski definition) is 1. The van der Waals surface area contributed by atoms with E-state index < -0.39 is 0 Å². The Kier molecular flexibility index (Phi) is 2.82. The van der Waals surface area contributed by atoms with E-state index in [1.165, 1.54) is 19.3 Å². The molecule has 72 valence electrons. The van der Waals surface area contributed by atoms with E-state index in [-0.39, 0.29) is 0 Å². The fourth-order valence-corrected chi connectivity index (χ4v) is 2.69. The van der Waals surface area contributed by atoms with Gasteiger partial charge in [0.2, 0.25) is 0 Å². The largest absolute Gasteiger partial charge is 0.299 e. The van der Waals surface area contributed by atoms with E-state index >= 15 is 0 Å². The first-order valence-electron chi connectivity index (χ1n) is 5.55. The van der Waals surface area contributed by atoms with Gasteiger partial charge in [0, 0.05) is 12.3 Å². The van der Waals surface area contributed by atoms with Crippen LogP contribution in [0.5, 0.6) is 0 Å². The molecule has 0 radical (unpaired) electrons. The average Bonchev–Trinajstić information content (AvgIpc) is 2.20. The molecule has 2 aliphatic carbocycles. The van der Waals surface area contributed by atoms with Crippen LogP contribution < -0.4 is 0 Å². The highest BCUT2D eigenvalue weighted by atomic mass is 16.1. The van der Waals surface area contributed by atoms with Crippen LogP contribution in [0.3, 0.4) is 0 Å². The number of rotatable bonds is 1. The molecule has 0 aromatic heterocycles. The third-order valence-corrected chi connectivity index (χ3v) is 3.48. The van der Waals surface area contributed by atoms with E-state index in [0.29, 0.717) is 17.6 Å². The Morgan fingerprint density at radius 3 is 2.77 bits per heavy atom. The molecule has 0 heterocycles. The van der Waals surface area contributed by atoms with Crippen molar-refractivity contribution in [3.63, 3.8) is 0 Å². The summed E-state index contributed by atoms with van der Waals surface area (Å²) in [6.45, 7) is 0. The van der Waals surface area contributed by atoms with E-state index in [9.17, 15) is 4.79 Å². The highest BCUT2D eigenvalue weighted by molar-refractivity contribution is 5.81. The van der Waals surface area contributed by atoms with Gasteiger partial charge in [-0.25, -0.2) is 0 Å².